The monoisotopic (exact) mass is 281 g/mol. The molecule has 0 aliphatic heterocycles. The van der Waals surface area contributed by atoms with Crippen molar-refractivity contribution in [3.8, 4) is 5.75 Å². The maximum absolute atomic E-state index is 9.70. The van der Waals surface area contributed by atoms with Gasteiger partial charge in [-0.15, -0.1) is 12.4 Å². The minimum atomic E-state index is 0. The van der Waals surface area contributed by atoms with Crippen LogP contribution in [0.1, 0.15) is 31.2 Å². The zero-order valence-electron chi connectivity index (χ0n) is 11.8. The molecule has 0 fully saturated rings. The molecule has 1 N–H and O–H groups in total. The van der Waals surface area contributed by atoms with Crippen molar-refractivity contribution in [2.75, 3.05) is 20.6 Å². The molecule has 0 saturated carbocycles. The summed E-state index contributed by atoms with van der Waals surface area (Å²) < 4.78 is 0. The average molecular weight is 282 g/mol. The van der Waals surface area contributed by atoms with Gasteiger partial charge < -0.3 is 10.0 Å². The molecule has 0 bridgehead atoms. The fourth-order valence-electron chi connectivity index (χ4n) is 2.76. The van der Waals surface area contributed by atoms with Crippen LogP contribution in [0.5, 0.6) is 5.75 Å². The molecular formula is C16H24ClNO. The van der Waals surface area contributed by atoms with E-state index in [0.717, 1.165) is 13.0 Å². The second kappa shape index (κ2) is 6.97. The van der Waals surface area contributed by atoms with E-state index in [1.807, 2.05) is 12.1 Å². The maximum Gasteiger partial charge on any atom is 0.115 e. The van der Waals surface area contributed by atoms with Crippen LogP contribution in [0, 0.1) is 0 Å². The molecule has 0 saturated heterocycles. The fraction of sp³-hybridized carbons (Fsp3) is 0.500. The van der Waals surface area contributed by atoms with Gasteiger partial charge >= 0.3 is 0 Å². The van der Waals surface area contributed by atoms with Gasteiger partial charge in [0.2, 0.25) is 0 Å². The predicted molar refractivity (Wildman–Crippen MR) is 83.2 cm³/mol. The Morgan fingerprint density at radius 1 is 1.32 bits per heavy atom. The third kappa shape index (κ3) is 3.99. The second-order valence-electron chi connectivity index (χ2n) is 5.55. The molecule has 1 atom stereocenters. The van der Waals surface area contributed by atoms with Crippen LogP contribution in [0.25, 0.3) is 0 Å². The van der Waals surface area contributed by atoms with Crippen LogP contribution in [0.15, 0.2) is 36.4 Å². The minimum absolute atomic E-state index is 0. The molecule has 3 heteroatoms. The molecule has 0 amide bonds. The molecule has 0 radical (unpaired) electrons. The summed E-state index contributed by atoms with van der Waals surface area (Å²) in [4.78, 5) is 2.23. The van der Waals surface area contributed by atoms with Gasteiger partial charge in [0.25, 0.3) is 0 Å². The predicted octanol–water partition coefficient (Wildman–Crippen LogP) is 3.74. The highest BCUT2D eigenvalue weighted by Crippen LogP contribution is 2.39. The van der Waals surface area contributed by atoms with E-state index in [1.165, 1.54) is 24.8 Å². The number of nitrogens with zero attached hydrogens (tertiary/aromatic N) is 1. The standard InChI is InChI=1S/C16H23NO.ClH/c1-17(2)12-11-16(9-4-3-5-10-16)14-7-6-8-15(18)13-14;/h4,6-9,13,18H,3,5,10-12H2,1-2H3;1H. The number of aromatic hydroxyl groups is 1. The van der Waals surface area contributed by atoms with Crippen LogP contribution < -0.4 is 0 Å². The summed E-state index contributed by atoms with van der Waals surface area (Å²) in [6.07, 6.45) is 9.36. The van der Waals surface area contributed by atoms with Crippen LogP contribution in [-0.4, -0.2) is 30.6 Å². The van der Waals surface area contributed by atoms with Gasteiger partial charge in [0, 0.05) is 5.41 Å². The summed E-state index contributed by atoms with van der Waals surface area (Å²) in [6.45, 7) is 1.07. The lowest BCUT2D eigenvalue weighted by atomic mass is 9.71. The van der Waals surface area contributed by atoms with E-state index in [9.17, 15) is 5.11 Å². The number of rotatable bonds is 4. The van der Waals surface area contributed by atoms with E-state index in [4.69, 9.17) is 0 Å². The Labute approximate surface area is 122 Å². The molecule has 1 unspecified atom stereocenters. The molecule has 0 spiro atoms. The van der Waals surface area contributed by atoms with Crippen molar-refractivity contribution in [1.29, 1.82) is 0 Å². The largest absolute Gasteiger partial charge is 0.508 e. The zero-order valence-corrected chi connectivity index (χ0v) is 12.6. The number of allylic oxidation sites excluding steroid dienone is 2. The van der Waals surface area contributed by atoms with Crippen molar-refractivity contribution >= 4 is 12.4 Å². The van der Waals surface area contributed by atoms with Crippen molar-refractivity contribution in [2.45, 2.75) is 31.1 Å². The maximum atomic E-state index is 9.70. The summed E-state index contributed by atoms with van der Waals surface area (Å²) in [5.74, 6) is 0.371. The molecule has 1 aromatic rings. The normalized spacial score (nSPS) is 22.3. The van der Waals surface area contributed by atoms with Crippen LogP contribution in [0.4, 0.5) is 0 Å². The first kappa shape index (κ1) is 16.1. The highest BCUT2D eigenvalue weighted by Gasteiger charge is 2.30. The van der Waals surface area contributed by atoms with Crippen molar-refractivity contribution in [3.63, 3.8) is 0 Å². The molecule has 0 heterocycles. The van der Waals surface area contributed by atoms with E-state index in [2.05, 4.69) is 37.2 Å². The number of hydrogen-bond donors (Lipinski definition) is 1. The SMILES string of the molecule is CN(C)CCC1(c2cccc(O)c2)C=CCCC1.Cl. The topological polar surface area (TPSA) is 23.5 Å². The van der Waals surface area contributed by atoms with Crippen molar-refractivity contribution in [2.24, 2.45) is 0 Å². The molecule has 0 aromatic heterocycles. The Morgan fingerprint density at radius 2 is 2.11 bits per heavy atom. The van der Waals surface area contributed by atoms with Crippen molar-refractivity contribution in [1.82, 2.24) is 4.90 Å². The van der Waals surface area contributed by atoms with E-state index in [-0.39, 0.29) is 17.8 Å². The lowest BCUT2D eigenvalue weighted by Gasteiger charge is -2.35. The first-order valence-electron chi connectivity index (χ1n) is 6.74. The van der Waals surface area contributed by atoms with E-state index in [0.29, 0.717) is 5.75 Å². The van der Waals surface area contributed by atoms with E-state index < -0.39 is 0 Å². The van der Waals surface area contributed by atoms with Gasteiger partial charge in [-0.2, -0.15) is 0 Å². The summed E-state index contributed by atoms with van der Waals surface area (Å²) in [7, 11) is 4.23. The summed E-state index contributed by atoms with van der Waals surface area (Å²) in [6, 6.07) is 7.76. The van der Waals surface area contributed by atoms with Crippen LogP contribution in [0.3, 0.4) is 0 Å². The minimum Gasteiger partial charge on any atom is -0.508 e. The third-order valence-corrected chi connectivity index (χ3v) is 3.86. The fourth-order valence-corrected chi connectivity index (χ4v) is 2.76. The first-order chi connectivity index (χ1) is 8.62. The van der Waals surface area contributed by atoms with Gasteiger partial charge in [-0.1, -0.05) is 24.3 Å². The van der Waals surface area contributed by atoms with Crippen LogP contribution in [-0.2, 0) is 5.41 Å². The summed E-state index contributed by atoms with van der Waals surface area (Å²) in [5, 5.41) is 9.70. The van der Waals surface area contributed by atoms with Crippen LogP contribution >= 0.6 is 12.4 Å². The smallest absolute Gasteiger partial charge is 0.115 e. The molecule has 1 aromatic carbocycles. The number of hydrogen-bond acceptors (Lipinski definition) is 2. The molecular weight excluding hydrogens is 258 g/mol. The average Bonchev–Trinajstić information content (AvgIpc) is 2.37. The Balaban J connectivity index is 0.00000180. The van der Waals surface area contributed by atoms with E-state index >= 15 is 0 Å². The van der Waals surface area contributed by atoms with Gasteiger partial charge in [0.15, 0.2) is 0 Å². The molecule has 1 aliphatic rings. The highest BCUT2D eigenvalue weighted by atomic mass is 35.5. The quantitative estimate of drug-likeness (QED) is 0.850. The molecule has 1 aliphatic carbocycles. The summed E-state index contributed by atoms with van der Waals surface area (Å²) in [5.41, 5.74) is 1.36. The number of benzene rings is 1. The van der Waals surface area contributed by atoms with Gasteiger partial charge in [-0.25, -0.2) is 0 Å². The molecule has 2 rings (SSSR count). The van der Waals surface area contributed by atoms with Gasteiger partial charge in [-0.3, -0.25) is 0 Å². The Morgan fingerprint density at radius 3 is 2.68 bits per heavy atom. The first-order valence-corrected chi connectivity index (χ1v) is 6.74. The van der Waals surface area contributed by atoms with Crippen molar-refractivity contribution < 1.29 is 5.11 Å². The number of phenols is 1. The zero-order chi connectivity index (χ0) is 13.0. The molecule has 106 valence electrons. The lowest BCUT2D eigenvalue weighted by Crippen LogP contribution is -2.30. The van der Waals surface area contributed by atoms with Gasteiger partial charge in [0.1, 0.15) is 5.75 Å². The number of halogens is 1. The molecule has 19 heavy (non-hydrogen) atoms. The lowest BCUT2D eigenvalue weighted by molar-refractivity contribution is 0.328. The van der Waals surface area contributed by atoms with E-state index in [1.54, 1.807) is 6.07 Å². The van der Waals surface area contributed by atoms with Gasteiger partial charge in [0.05, 0.1) is 0 Å². The third-order valence-electron chi connectivity index (χ3n) is 3.86. The Kier molecular flexibility index (Phi) is 5.89. The number of phenolic OH excluding ortho intramolecular Hbond substituents is 1. The van der Waals surface area contributed by atoms with Gasteiger partial charge in [-0.05, 0) is 64.0 Å². The Bertz CT molecular complexity index is 431. The summed E-state index contributed by atoms with van der Waals surface area (Å²) >= 11 is 0. The second-order valence-corrected chi connectivity index (χ2v) is 5.55. The highest BCUT2D eigenvalue weighted by molar-refractivity contribution is 5.85. The van der Waals surface area contributed by atoms with Crippen LogP contribution in [0.2, 0.25) is 0 Å². The Hall–Kier alpha value is -0.990. The van der Waals surface area contributed by atoms with Crippen molar-refractivity contribution in [3.05, 3.63) is 42.0 Å². The molecule has 2 nitrogen and oxygen atoms in total.